The van der Waals surface area contributed by atoms with Crippen molar-refractivity contribution in [3.05, 3.63) is 47.9 Å². The number of aryl methyl sites for hydroxylation is 1. The summed E-state index contributed by atoms with van der Waals surface area (Å²) in [5.74, 6) is 0.848. The third-order valence-corrected chi connectivity index (χ3v) is 4.86. The lowest BCUT2D eigenvalue weighted by Crippen LogP contribution is -2.39. The molecule has 1 aromatic heterocycles. The molecule has 140 valence electrons. The summed E-state index contributed by atoms with van der Waals surface area (Å²) in [6.45, 7) is 3.74. The van der Waals surface area contributed by atoms with E-state index in [-0.39, 0.29) is 11.6 Å². The molecule has 0 saturated carbocycles. The summed E-state index contributed by atoms with van der Waals surface area (Å²) in [5, 5.41) is 13.5. The largest absolute Gasteiger partial charge is 0.504 e. The zero-order valence-electron chi connectivity index (χ0n) is 15.3. The first-order chi connectivity index (χ1) is 12.6. The van der Waals surface area contributed by atoms with Crippen molar-refractivity contribution in [3.63, 3.8) is 0 Å². The molecule has 0 amide bonds. The molecule has 2 heterocycles. The molecule has 1 aliphatic rings. The molecule has 1 saturated heterocycles. The maximum absolute atomic E-state index is 13.9. The second-order valence-corrected chi connectivity index (χ2v) is 6.85. The van der Waals surface area contributed by atoms with Crippen LogP contribution in [0.3, 0.4) is 0 Å². The number of hydrogen-bond acceptors (Lipinski definition) is 5. The highest BCUT2D eigenvalue weighted by Gasteiger charge is 2.26. The average molecular weight is 359 g/mol. The van der Waals surface area contributed by atoms with Crippen LogP contribution in [0.1, 0.15) is 25.3 Å². The lowest BCUT2D eigenvalue weighted by molar-refractivity contribution is 0.373. The van der Waals surface area contributed by atoms with E-state index in [1.807, 2.05) is 11.0 Å². The Labute approximate surface area is 153 Å². The van der Waals surface area contributed by atoms with Gasteiger partial charge in [-0.05, 0) is 56.0 Å². The minimum absolute atomic E-state index is 0.175. The van der Waals surface area contributed by atoms with Gasteiger partial charge in [-0.2, -0.15) is 0 Å². The quantitative estimate of drug-likeness (QED) is 0.795. The highest BCUT2D eigenvalue weighted by molar-refractivity contribution is 5.42. The van der Waals surface area contributed by atoms with Gasteiger partial charge in [0, 0.05) is 31.4 Å². The molecule has 0 radical (unpaired) electrons. The summed E-state index contributed by atoms with van der Waals surface area (Å²) in [4.78, 5) is 6.16. The highest BCUT2D eigenvalue weighted by Crippen LogP contribution is 2.27. The summed E-state index contributed by atoms with van der Waals surface area (Å²) in [5.41, 5.74) is 1.08. The van der Waals surface area contributed by atoms with Crippen LogP contribution < -0.4 is 15.0 Å². The van der Waals surface area contributed by atoms with Gasteiger partial charge >= 0.3 is 0 Å². The molecule has 2 atom stereocenters. The normalized spacial score (nSPS) is 18.1. The molecule has 0 aliphatic carbocycles. The number of anilines is 1. The zero-order chi connectivity index (χ0) is 18.5. The van der Waals surface area contributed by atoms with Crippen molar-refractivity contribution in [2.75, 3.05) is 25.1 Å². The molecule has 5 nitrogen and oxygen atoms in total. The fourth-order valence-electron chi connectivity index (χ4n) is 3.46. The van der Waals surface area contributed by atoms with E-state index < -0.39 is 0 Å². The van der Waals surface area contributed by atoms with E-state index in [2.05, 4.69) is 17.2 Å². The van der Waals surface area contributed by atoms with Crippen LogP contribution in [0, 0.1) is 5.82 Å². The van der Waals surface area contributed by atoms with E-state index in [1.54, 1.807) is 31.5 Å². The summed E-state index contributed by atoms with van der Waals surface area (Å²) in [6.07, 6.45) is 4.44. The van der Waals surface area contributed by atoms with Gasteiger partial charge in [0.2, 0.25) is 0 Å². The zero-order valence-corrected chi connectivity index (χ0v) is 15.3. The molecule has 2 N–H and O–H groups in total. The van der Waals surface area contributed by atoms with Crippen LogP contribution in [0.5, 0.6) is 11.5 Å². The van der Waals surface area contributed by atoms with Gasteiger partial charge in [-0.25, -0.2) is 9.37 Å². The molecule has 1 aliphatic heterocycles. The second kappa shape index (κ2) is 8.36. The summed E-state index contributed by atoms with van der Waals surface area (Å²) in [6, 6.07) is 9.26. The van der Waals surface area contributed by atoms with Gasteiger partial charge in [0.25, 0.3) is 0 Å². The number of ether oxygens (including phenoxy) is 1. The van der Waals surface area contributed by atoms with Gasteiger partial charge in [-0.15, -0.1) is 0 Å². The van der Waals surface area contributed by atoms with Crippen molar-refractivity contribution < 1.29 is 14.2 Å². The standard InChI is InChI=1S/C20H26FN3O2/c1-14(5-6-15-7-8-19(26-2)18(25)12-15)23-16-9-11-24(13-16)20-17(21)4-3-10-22-20/h3-4,7-8,10,12,14,16,23,25H,5-6,9,11,13H2,1-2H3. The Morgan fingerprint density at radius 3 is 3.00 bits per heavy atom. The van der Waals surface area contributed by atoms with Gasteiger partial charge < -0.3 is 20.1 Å². The number of hydrogen-bond donors (Lipinski definition) is 2. The third-order valence-electron chi connectivity index (χ3n) is 4.86. The topological polar surface area (TPSA) is 57.6 Å². The van der Waals surface area contributed by atoms with Crippen LogP contribution in [-0.2, 0) is 6.42 Å². The van der Waals surface area contributed by atoms with Gasteiger partial charge in [0.1, 0.15) is 0 Å². The maximum atomic E-state index is 13.9. The van der Waals surface area contributed by atoms with E-state index in [0.29, 0.717) is 23.7 Å². The van der Waals surface area contributed by atoms with Gasteiger partial charge in [-0.3, -0.25) is 0 Å². The number of pyridine rings is 1. The van der Waals surface area contributed by atoms with Crippen molar-refractivity contribution >= 4 is 5.82 Å². The lowest BCUT2D eigenvalue weighted by atomic mass is 10.0. The fraction of sp³-hybridized carbons (Fsp3) is 0.450. The minimum atomic E-state index is -0.263. The summed E-state index contributed by atoms with van der Waals surface area (Å²) < 4.78 is 18.9. The number of benzene rings is 1. The van der Waals surface area contributed by atoms with Crippen molar-refractivity contribution in [1.82, 2.24) is 10.3 Å². The molecule has 0 spiro atoms. The minimum Gasteiger partial charge on any atom is -0.504 e. The Balaban J connectivity index is 1.48. The number of halogens is 1. The number of nitrogens with zero attached hydrogens (tertiary/aromatic N) is 2. The fourth-order valence-corrected chi connectivity index (χ4v) is 3.46. The first-order valence-corrected chi connectivity index (χ1v) is 9.04. The molecule has 2 unspecified atom stereocenters. The Morgan fingerprint density at radius 1 is 1.42 bits per heavy atom. The van der Waals surface area contributed by atoms with Crippen molar-refractivity contribution in [3.8, 4) is 11.5 Å². The van der Waals surface area contributed by atoms with Crippen LogP contribution in [0.25, 0.3) is 0 Å². The van der Waals surface area contributed by atoms with Gasteiger partial charge in [0.15, 0.2) is 23.1 Å². The summed E-state index contributed by atoms with van der Waals surface area (Å²) >= 11 is 0. The predicted molar refractivity (Wildman–Crippen MR) is 100 cm³/mol. The Kier molecular flexibility index (Phi) is 5.93. The van der Waals surface area contributed by atoms with Crippen LogP contribution in [0.4, 0.5) is 10.2 Å². The Morgan fingerprint density at radius 2 is 2.27 bits per heavy atom. The van der Waals surface area contributed by atoms with Crippen LogP contribution in [0.15, 0.2) is 36.5 Å². The SMILES string of the molecule is COc1ccc(CCC(C)NC2CCN(c3ncccc3F)C2)cc1O. The smallest absolute Gasteiger partial charge is 0.165 e. The summed E-state index contributed by atoms with van der Waals surface area (Å²) in [7, 11) is 1.54. The molecular formula is C20H26FN3O2. The monoisotopic (exact) mass is 359 g/mol. The van der Waals surface area contributed by atoms with E-state index >= 15 is 0 Å². The number of aromatic hydroxyl groups is 1. The average Bonchev–Trinajstić information content (AvgIpc) is 3.08. The number of nitrogens with one attached hydrogen (secondary N) is 1. The first kappa shape index (κ1) is 18.5. The van der Waals surface area contributed by atoms with Crippen molar-refractivity contribution in [2.24, 2.45) is 0 Å². The Hall–Kier alpha value is -2.34. The van der Waals surface area contributed by atoms with Crippen molar-refractivity contribution in [2.45, 2.75) is 38.3 Å². The molecule has 0 bridgehead atoms. The van der Waals surface area contributed by atoms with E-state index in [1.165, 1.54) is 6.07 Å². The number of methoxy groups -OCH3 is 1. The maximum Gasteiger partial charge on any atom is 0.165 e. The number of rotatable bonds is 7. The lowest BCUT2D eigenvalue weighted by Gasteiger charge is -2.21. The molecule has 3 rings (SSSR count). The molecule has 1 aromatic carbocycles. The van der Waals surface area contributed by atoms with Crippen molar-refractivity contribution in [1.29, 1.82) is 0 Å². The number of phenols is 1. The van der Waals surface area contributed by atoms with Crippen LogP contribution >= 0.6 is 0 Å². The van der Waals surface area contributed by atoms with Gasteiger partial charge in [-0.1, -0.05) is 6.07 Å². The predicted octanol–water partition coefficient (Wildman–Crippen LogP) is 3.12. The first-order valence-electron chi connectivity index (χ1n) is 9.04. The van der Waals surface area contributed by atoms with E-state index in [4.69, 9.17) is 4.74 Å². The Bertz CT molecular complexity index is 741. The number of phenolic OH excluding ortho intramolecular Hbond substituents is 1. The molecule has 1 fully saturated rings. The molecular weight excluding hydrogens is 333 g/mol. The van der Waals surface area contributed by atoms with E-state index in [9.17, 15) is 9.50 Å². The molecule has 26 heavy (non-hydrogen) atoms. The van der Waals surface area contributed by atoms with Crippen LogP contribution in [0.2, 0.25) is 0 Å². The van der Waals surface area contributed by atoms with Gasteiger partial charge in [0.05, 0.1) is 7.11 Å². The second-order valence-electron chi connectivity index (χ2n) is 6.85. The third kappa shape index (κ3) is 4.43. The molecule has 2 aromatic rings. The van der Waals surface area contributed by atoms with E-state index in [0.717, 1.165) is 37.9 Å². The van der Waals surface area contributed by atoms with Crippen LogP contribution in [-0.4, -0.2) is 42.4 Å². The highest BCUT2D eigenvalue weighted by atomic mass is 19.1. The number of aromatic nitrogens is 1. The molecule has 6 heteroatoms.